The van der Waals surface area contributed by atoms with Crippen LogP contribution in [0.5, 0.6) is 0 Å². The van der Waals surface area contributed by atoms with E-state index in [1.54, 1.807) is 23.6 Å². The molecule has 0 fully saturated rings. The van der Waals surface area contributed by atoms with Crippen molar-refractivity contribution >= 4 is 27.5 Å². The highest BCUT2D eigenvalue weighted by atomic mass is 79.9. The van der Waals surface area contributed by atoms with Crippen molar-refractivity contribution in [2.45, 2.75) is 6.92 Å². The number of nitrogens with zero attached hydrogens (tertiary/aromatic N) is 3. The monoisotopic (exact) mass is 289 g/mol. The van der Waals surface area contributed by atoms with Gasteiger partial charge in [0.25, 0.3) is 0 Å². The predicted molar refractivity (Wildman–Crippen MR) is 58.8 cm³/mol. The lowest BCUT2D eigenvalue weighted by molar-refractivity contribution is 0.620. The molecule has 0 N–H and O–H groups in total. The highest BCUT2D eigenvalue weighted by molar-refractivity contribution is 9.10. The van der Waals surface area contributed by atoms with Crippen LogP contribution < -0.4 is 0 Å². The van der Waals surface area contributed by atoms with Gasteiger partial charge in [0.15, 0.2) is 0 Å². The molecule has 0 saturated carbocycles. The number of hydrogen-bond acceptors (Lipinski definition) is 2. The number of aromatic nitrogens is 3. The first kappa shape index (κ1) is 10.6. The minimum atomic E-state index is -0.319. The topological polar surface area (TPSA) is 30.7 Å². The summed E-state index contributed by atoms with van der Waals surface area (Å²) in [6, 6.07) is 4.59. The lowest BCUT2D eigenvalue weighted by atomic mass is 10.3. The van der Waals surface area contributed by atoms with E-state index in [1.807, 2.05) is 0 Å². The number of rotatable bonds is 1. The smallest absolute Gasteiger partial charge is 0.229 e. The molecule has 2 aromatic rings. The van der Waals surface area contributed by atoms with Gasteiger partial charge >= 0.3 is 0 Å². The Bertz CT molecular complexity index is 493. The van der Waals surface area contributed by atoms with E-state index in [1.165, 1.54) is 6.07 Å². The summed E-state index contributed by atoms with van der Waals surface area (Å²) in [5, 5.41) is 7.79. The molecule has 0 saturated heterocycles. The maximum Gasteiger partial charge on any atom is 0.229 e. The molecule has 0 amide bonds. The standard InChI is InChI=1S/C9H6BrClFN3/c1-5-13-14-9(11)15(5)6-2-3-8(12)7(10)4-6/h2-4H,1H3. The largest absolute Gasteiger partial charge is 0.270 e. The van der Waals surface area contributed by atoms with Gasteiger partial charge in [-0.2, -0.15) is 0 Å². The van der Waals surface area contributed by atoms with Crippen LogP contribution >= 0.6 is 27.5 Å². The van der Waals surface area contributed by atoms with Crippen LogP contribution in [-0.4, -0.2) is 14.8 Å². The summed E-state index contributed by atoms with van der Waals surface area (Å²) < 4.78 is 15.0. The van der Waals surface area contributed by atoms with Gasteiger partial charge in [0, 0.05) is 0 Å². The molecule has 0 aliphatic carbocycles. The fraction of sp³-hybridized carbons (Fsp3) is 0.111. The van der Waals surface area contributed by atoms with Gasteiger partial charge < -0.3 is 0 Å². The van der Waals surface area contributed by atoms with Gasteiger partial charge in [-0.15, -0.1) is 10.2 Å². The molecule has 15 heavy (non-hydrogen) atoms. The first-order chi connectivity index (χ1) is 7.09. The second-order valence-electron chi connectivity index (χ2n) is 2.95. The Morgan fingerprint density at radius 2 is 2.13 bits per heavy atom. The Kier molecular flexibility index (Phi) is 2.75. The zero-order chi connectivity index (χ0) is 11.0. The highest BCUT2D eigenvalue weighted by Crippen LogP contribution is 2.22. The van der Waals surface area contributed by atoms with Crippen LogP contribution in [0, 0.1) is 12.7 Å². The summed E-state index contributed by atoms with van der Waals surface area (Å²) in [5.41, 5.74) is 0.718. The van der Waals surface area contributed by atoms with E-state index in [4.69, 9.17) is 11.6 Å². The fourth-order valence-corrected chi connectivity index (χ4v) is 1.88. The van der Waals surface area contributed by atoms with Crippen LogP contribution in [0.1, 0.15) is 5.82 Å². The lowest BCUT2D eigenvalue weighted by Crippen LogP contribution is -1.97. The Morgan fingerprint density at radius 3 is 2.67 bits per heavy atom. The van der Waals surface area contributed by atoms with Crippen molar-refractivity contribution in [1.82, 2.24) is 14.8 Å². The van der Waals surface area contributed by atoms with E-state index in [9.17, 15) is 4.39 Å². The molecule has 3 nitrogen and oxygen atoms in total. The van der Waals surface area contributed by atoms with Gasteiger partial charge in [-0.3, -0.25) is 4.57 Å². The van der Waals surface area contributed by atoms with E-state index in [-0.39, 0.29) is 11.1 Å². The highest BCUT2D eigenvalue weighted by Gasteiger charge is 2.09. The van der Waals surface area contributed by atoms with Gasteiger partial charge in [-0.05, 0) is 52.7 Å². The zero-order valence-electron chi connectivity index (χ0n) is 7.71. The van der Waals surface area contributed by atoms with Crippen molar-refractivity contribution < 1.29 is 4.39 Å². The van der Waals surface area contributed by atoms with Crippen LogP contribution in [0.2, 0.25) is 5.28 Å². The molecule has 1 heterocycles. The minimum absolute atomic E-state index is 0.256. The fourth-order valence-electron chi connectivity index (χ4n) is 1.25. The zero-order valence-corrected chi connectivity index (χ0v) is 10.0. The van der Waals surface area contributed by atoms with Gasteiger partial charge in [0.1, 0.15) is 11.6 Å². The number of aryl methyl sites for hydroxylation is 1. The quantitative estimate of drug-likeness (QED) is 0.808. The average molecular weight is 291 g/mol. The predicted octanol–water partition coefficient (Wildman–Crippen LogP) is 3.13. The Morgan fingerprint density at radius 1 is 1.40 bits per heavy atom. The lowest BCUT2D eigenvalue weighted by Gasteiger charge is -2.05. The average Bonchev–Trinajstić information content (AvgIpc) is 2.52. The molecule has 0 aliphatic rings. The normalized spacial score (nSPS) is 10.7. The third-order valence-electron chi connectivity index (χ3n) is 1.95. The van der Waals surface area contributed by atoms with Gasteiger partial charge in [0.05, 0.1) is 10.2 Å². The van der Waals surface area contributed by atoms with Crippen LogP contribution in [0.25, 0.3) is 5.69 Å². The molecule has 0 spiro atoms. The molecule has 0 aliphatic heterocycles. The van der Waals surface area contributed by atoms with E-state index in [0.29, 0.717) is 10.3 Å². The molecular formula is C9H6BrClFN3. The Labute approximate surface area is 99.0 Å². The molecule has 0 atom stereocenters. The summed E-state index contributed by atoms with van der Waals surface area (Å²) in [6.45, 7) is 1.77. The number of halogens is 3. The third kappa shape index (κ3) is 1.89. The van der Waals surface area contributed by atoms with E-state index in [2.05, 4.69) is 26.1 Å². The van der Waals surface area contributed by atoms with Crippen molar-refractivity contribution in [2.75, 3.05) is 0 Å². The third-order valence-corrected chi connectivity index (χ3v) is 2.80. The molecule has 1 aromatic carbocycles. The van der Waals surface area contributed by atoms with Crippen LogP contribution in [0.15, 0.2) is 22.7 Å². The maximum absolute atomic E-state index is 13.0. The molecule has 0 unspecified atom stereocenters. The summed E-state index contributed by atoms with van der Waals surface area (Å²) in [5.74, 6) is 0.333. The van der Waals surface area contributed by atoms with Crippen molar-refractivity contribution in [3.63, 3.8) is 0 Å². The summed E-state index contributed by atoms with van der Waals surface area (Å²) >= 11 is 8.96. The SMILES string of the molecule is Cc1nnc(Cl)n1-c1ccc(F)c(Br)c1. The Balaban J connectivity index is 2.59. The van der Waals surface area contributed by atoms with Gasteiger partial charge in [-0.25, -0.2) is 4.39 Å². The van der Waals surface area contributed by atoms with Crippen molar-refractivity contribution in [2.24, 2.45) is 0 Å². The summed E-state index contributed by atoms with van der Waals surface area (Å²) in [6.07, 6.45) is 0. The Hall–Kier alpha value is -0.940. The molecule has 0 bridgehead atoms. The second-order valence-corrected chi connectivity index (χ2v) is 4.14. The summed E-state index contributed by atoms with van der Waals surface area (Å²) in [7, 11) is 0. The molecule has 6 heteroatoms. The van der Waals surface area contributed by atoms with Crippen LogP contribution in [0.4, 0.5) is 4.39 Å². The van der Waals surface area contributed by atoms with E-state index in [0.717, 1.165) is 5.69 Å². The van der Waals surface area contributed by atoms with Gasteiger partial charge in [-0.1, -0.05) is 0 Å². The van der Waals surface area contributed by atoms with Crippen molar-refractivity contribution in [3.8, 4) is 5.69 Å². The van der Waals surface area contributed by atoms with E-state index < -0.39 is 0 Å². The first-order valence-electron chi connectivity index (χ1n) is 4.12. The molecule has 0 radical (unpaired) electrons. The number of benzene rings is 1. The van der Waals surface area contributed by atoms with Crippen molar-refractivity contribution in [3.05, 3.63) is 39.6 Å². The van der Waals surface area contributed by atoms with Crippen LogP contribution in [0.3, 0.4) is 0 Å². The first-order valence-corrected chi connectivity index (χ1v) is 5.29. The van der Waals surface area contributed by atoms with E-state index >= 15 is 0 Å². The second kappa shape index (κ2) is 3.90. The maximum atomic E-state index is 13.0. The minimum Gasteiger partial charge on any atom is -0.270 e. The van der Waals surface area contributed by atoms with Crippen molar-refractivity contribution in [1.29, 1.82) is 0 Å². The molecule has 78 valence electrons. The molecule has 2 rings (SSSR count). The summed E-state index contributed by atoms with van der Waals surface area (Å²) in [4.78, 5) is 0. The number of hydrogen-bond donors (Lipinski definition) is 0. The van der Waals surface area contributed by atoms with Crippen LogP contribution in [-0.2, 0) is 0 Å². The molecule has 1 aromatic heterocycles. The van der Waals surface area contributed by atoms with Gasteiger partial charge in [0.2, 0.25) is 5.28 Å². The molecular weight excluding hydrogens is 284 g/mol.